The number of halogens is 1. The van der Waals surface area contributed by atoms with E-state index in [1.165, 1.54) is 24.3 Å². The lowest BCUT2D eigenvalue weighted by atomic mass is 10.2. The molecule has 2 N–H and O–H groups in total. The molecule has 0 radical (unpaired) electrons. The molecule has 0 saturated carbocycles. The van der Waals surface area contributed by atoms with Crippen LogP contribution in [0.3, 0.4) is 0 Å². The summed E-state index contributed by atoms with van der Waals surface area (Å²) < 4.78 is 1.54. The third kappa shape index (κ3) is 3.51. The fraction of sp³-hybridized carbons (Fsp3) is 0.0588. The minimum Gasteiger partial charge on any atom is -0.478 e. The van der Waals surface area contributed by atoms with Crippen LogP contribution < -0.4 is 5.32 Å². The molecule has 0 aliphatic rings. The number of carbonyl (C=O) groups is 2. The predicted molar refractivity (Wildman–Crippen MR) is 92.5 cm³/mol. The molecular formula is C17H13ClN4O3. The highest BCUT2D eigenvalue weighted by Gasteiger charge is 2.17. The van der Waals surface area contributed by atoms with Crippen LogP contribution in [0.15, 0.2) is 48.5 Å². The minimum absolute atomic E-state index is 0.142. The van der Waals surface area contributed by atoms with Gasteiger partial charge in [0.2, 0.25) is 0 Å². The highest BCUT2D eigenvalue weighted by Crippen LogP contribution is 2.17. The Morgan fingerprint density at radius 1 is 1.08 bits per heavy atom. The number of hydrogen-bond acceptors (Lipinski definition) is 4. The number of nitrogens with one attached hydrogen (secondary N) is 1. The number of hydrogen-bond donors (Lipinski definition) is 2. The average molecular weight is 357 g/mol. The summed E-state index contributed by atoms with van der Waals surface area (Å²) in [5.41, 5.74) is 2.09. The van der Waals surface area contributed by atoms with E-state index in [0.717, 1.165) is 5.69 Å². The first-order chi connectivity index (χ1) is 12.0. The molecule has 0 saturated heterocycles. The van der Waals surface area contributed by atoms with Gasteiger partial charge in [-0.2, -0.15) is 0 Å². The van der Waals surface area contributed by atoms with Gasteiger partial charge < -0.3 is 10.4 Å². The second kappa shape index (κ2) is 6.74. The maximum absolute atomic E-state index is 12.4. The number of aromatic carboxylic acids is 1. The molecule has 1 amide bonds. The number of amides is 1. The van der Waals surface area contributed by atoms with E-state index in [1.807, 2.05) is 0 Å². The largest absolute Gasteiger partial charge is 0.478 e. The van der Waals surface area contributed by atoms with Crippen LogP contribution in [-0.4, -0.2) is 32.0 Å². The Kier molecular flexibility index (Phi) is 4.49. The van der Waals surface area contributed by atoms with Crippen molar-refractivity contribution in [2.45, 2.75) is 6.92 Å². The van der Waals surface area contributed by atoms with Crippen molar-refractivity contribution < 1.29 is 14.7 Å². The molecule has 25 heavy (non-hydrogen) atoms. The van der Waals surface area contributed by atoms with E-state index in [1.54, 1.807) is 35.9 Å². The van der Waals surface area contributed by atoms with E-state index in [9.17, 15) is 9.59 Å². The van der Waals surface area contributed by atoms with Crippen LogP contribution in [0.25, 0.3) is 5.69 Å². The van der Waals surface area contributed by atoms with E-state index < -0.39 is 11.9 Å². The van der Waals surface area contributed by atoms with Gasteiger partial charge in [-0.05, 0) is 55.5 Å². The molecule has 8 heteroatoms. The Labute approximate surface area is 147 Å². The third-order valence-corrected chi connectivity index (χ3v) is 3.82. The smallest absolute Gasteiger partial charge is 0.335 e. The molecule has 3 rings (SSSR count). The second-order valence-electron chi connectivity index (χ2n) is 5.25. The molecule has 1 heterocycles. The van der Waals surface area contributed by atoms with Crippen LogP contribution in [0.2, 0.25) is 5.02 Å². The van der Waals surface area contributed by atoms with E-state index in [0.29, 0.717) is 16.4 Å². The highest BCUT2D eigenvalue weighted by molar-refractivity contribution is 6.30. The quantitative estimate of drug-likeness (QED) is 0.748. The summed E-state index contributed by atoms with van der Waals surface area (Å²) in [5, 5.41) is 20.1. The molecule has 0 unspecified atom stereocenters. The van der Waals surface area contributed by atoms with Crippen molar-refractivity contribution >= 4 is 29.2 Å². The summed E-state index contributed by atoms with van der Waals surface area (Å²) in [6.45, 7) is 1.73. The molecule has 7 nitrogen and oxygen atoms in total. The van der Waals surface area contributed by atoms with Crippen LogP contribution in [0, 0.1) is 6.92 Å². The summed E-state index contributed by atoms with van der Waals surface area (Å²) in [7, 11) is 0. The Morgan fingerprint density at radius 3 is 2.32 bits per heavy atom. The Bertz CT molecular complexity index is 934. The molecule has 0 spiro atoms. The SMILES string of the molecule is Cc1c(C(=O)Nc2ccc(C(=O)O)cc2)nnn1-c1ccc(Cl)cc1. The summed E-state index contributed by atoms with van der Waals surface area (Å²) in [4.78, 5) is 23.2. The lowest BCUT2D eigenvalue weighted by molar-refractivity contribution is 0.0696. The molecule has 3 aromatic rings. The standard InChI is InChI=1S/C17H13ClN4O3/c1-10-15(20-21-22(10)14-8-4-12(18)5-9-14)16(23)19-13-6-2-11(3-7-13)17(24)25/h2-9H,1H3,(H,19,23)(H,24,25). The number of carboxylic acids is 1. The maximum Gasteiger partial charge on any atom is 0.335 e. The van der Waals surface area contributed by atoms with Crippen molar-refractivity contribution in [2.24, 2.45) is 0 Å². The van der Waals surface area contributed by atoms with Crippen LogP contribution in [0.4, 0.5) is 5.69 Å². The molecule has 0 aliphatic carbocycles. The topological polar surface area (TPSA) is 97.1 Å². The average Bonchev–Trinajstić information content (AvgIpc) is 2.98. The first-order valence-corrected chi connectivity index (χ1v) is 7.66. The number of rotatable bonds is 4. The lowest BCUT2D eigenvalue weighted by Crippen LogP contribution is -2.14. The second-order valence-corrected chi connectivity index (χ2v) is 5.68. The van der Waals surface area contributed by atoms with Crippen LogP contribution in [0.5, 0.6) is 0 Å². The maximum atomic E-state index is 12.4. The highest BCUT2D eigenvalue weighted by atomic mass is 35.5. The Hall–Kier alpha value is -3.19. The molecule has 126 valence electrons. The molecule has 0 atom stereocenters. The number of anilines is 1. The van der Waals surface area contributed by atoms with Gasteiger partial charge in [-0.25, -0.2) is 9.48 Å². The molecule has 1 aromatic heterocycles. The van der Waals surface area contributed by atoms with E-state index >= 15 is 0 Å². The predicted octanol–water partition coefficient (Wildman–Crippen LogP) is 3.18. The van der Waals surface area contributed by atoms with Crippen molar-refractivity contribution in [3.05, 3.63) is 70.5 Å². The van der Waals surface area contributed by atoms with Gasteiger partial charge in [-0.1, -0.05) is 16.8 Å². The van der Waals surface area contributed by atoms with Crippen LogP contribution in [-0.2, 0) is 0 Å². The number of carboxylic acid groups (broad SMARTS) is 1. The van der Waals surface area contributed by atoms with Gasteiger partial charge in [-0.3, -0.25) is 4.79 Å². The summed E-state index contributed by atoms with van der Waals surface area (Å²) in [6, 6.07) is 12.8. The van der Waals surface area contributed by atoms with Crippen molar-refractivity contribution in [3.8, 4) is 5.69 Å². The zero-order valence-corrected chi connectivity index (χ0v) is 13.9. The summed E-state index contributed by atoms with van der Waals surface area (Å²) in [6.07, 6.45) is 0. The van der Waals surface area contributed by atoms with Crippen LogP contribution >= 0.6 is 11.6 Å². The molecule has 0 aliphatic heterocycles. The zero-order valence-electron chi connectivity index (χ0n) is 13.1. The fourth-order valence-electron chi connectivity index (χ4n) is 2.25. The fourth-order valence-corrected chi connectivity index (χ4v) is 2.38. The molecular weight excluding hydrogens is 344 g/mol. The Balaban J connectivity index is 1.81. The van der Waals surface area contributed by atoms with E-state index in [-0.39, 0.29) is 11.3 Å². The summed E-state index contributed by atoms with van der Waals surface area (Å²) in [5.74, 6) is -1.46. The van der Waals surface area contributed by atoms with Crippen LogP contribution in [0.1, 0.15) is 26.5 Å². The first kappa shape index (κ1) is 16.7. The van der Waals surface area contributed by atoms with Crippen molar-refractivity contribution in [1.29, 1.82) is 0 Å². The number of nitrogens with zero attached hydrogens (tertiary/aromatic N) is 3. The van der Waals surface area contributed by atoms with Gasteiger partial charge in [0.05, 0.1) is 16.9 Å². The van der Waals surface area contributed by atoms with Gasteiger partial charge in [-0.15, -0.1) is 5.10 Å². The number of benzene rings is 2. The minimum atomic E-state index is -1.03. The van der Waals surface area contributed by atoms with Crippen molar-refractivity contribution in [3.63, 3.8) is 0 Å². The summed E-state index contributed by atoms with van der Waals surface area (Å²) >= 11 is 5.87. The third-order valence-electron chi connectivity index (χ3n) is 3.57. The number of carbonyl (C=O) groups excluding carboxylic acids is 1. The zero-order chi connectivity index (χ0) is 18.0. The van der Waals surface area contributed by atoms with E-state index in [2.05, 4.69) is 15.6 Å². The van der Waals surface area contributed by atoms with Crippen molar-refractivity contribution in [1.82, 2.24) is 15.0 Å². The number of aromatic nitrogens is 3. The van der Waals surface area contributed by atoms with Gasteiger partial charge in [0.25, 0.3) is 5.91 Å². The normalized spacial score (nSPS) is 10.5. The van der Waals surface area contributed by atoms with Crippen molar-refractivity contribution in [2.75, 3.05) is 5.32 Å². The first-order valence-electron chi connectivity index (χ1n) is 7.28. The van der Waals surface area contributed by atoms with Gasteiger partial charge >= 0.3 is 5.97 Å². The monoisotopic (exact) mass is 356 g/mol. The molecule has 0 bridgehead atoms. The van der Waals surface area contributed by atoms with Gasteiger partial charge in [0, 0.05) is 10.7 Å². The van der Waals surface area contributed by atoms with E-state index in [4.69, 9.17) is 16.7 Å². The molecule has 2 aromatic carbocycles. The lowest BCUT2D eigenvalue weighted by Gasteiger charge is -2.05. The molecule has 0 fully saturated rings. The van der Waals surface area contributed by atoms with Gasteiger partial charge in [0.1, 0.15) is 0 Å². The Morgan fingerprint density at radius 2 is 1.72 bits per heavy atom. The van der Waals surface area contributed by atoms with Gasteiger partial charge in [0.15, 0.2) is 5.69 Å².